The number of aryl methyl sites for hydroxylation is 2. The summed E-state index contributed by atoms with van der Waals surface area (Å²) in [6.45, 7) is 6.85. The van der Waals surface area contributed by atoms with Crippen molar-refractivity contribution in [2.75, 3.05) is 7.05 Å². The first-order valence-electron chi connectivity index (χ1n) is 6.98. The Morgan fingerprint density at radius 2 is 2.05 bits per heavy atom. The van der Waals surface area contributed by atoms with Crippen LogP contribution in [0.25, 0.3) is 0 Å². The molecule has 5 heteroatoms. The van der Waals surface area contributed by atoms with Gasteiger partial charge in [0.25, 0.3) is 0 Å². The summed E-state index contributed by atoms with van der Waals surface area (Å²) >= 11 is 3.69. The minimum absolute atomic E-state index is 0.837. The molecule has 2 heterocycles. The van der Waals surface area contributed by atoms with Gasteiger partial charge in [0.2, 0.25) is 0 Å². The molecule has 2 aromatic heterocycles. The monoisotopic (exact) mass is 336 g/mol. The molecule has 0 N–H and O–H groups in total. The van der Waals surface area contributed by atoms with Crippen molar-refractivity contribution < 1.29 is 0 Å². The van der Waals surface area contributed by atoms with Crippen LogP contribution >= 0.6 is 15.9 Å². The molecule has 0 fully saturated rings. The van der Waals surface area contributed by atoms with Gasteiger partial charge in [-0.15, -0.1) is 0 Å². The van der Waals surface area contributed by atoms with Crippen LogP contribution in [0.4, 0.5) is 0 Å². The zero-order valence-electron chi connectivity index (χ0n) is 12.3. The topological polar surface area (TPSA) is 34.0 Å². The zero-order valence-corrected chi connectivity index (χ0v) is 13.9. The molecule has 0 unspecified atom stereocenters. The highest BCUT2D eigenvalue weighted by Crippen LogP contribution is 2.23. The van der Waals surface area contributed by atoms with Crippen molar-refractivity contribution in [3.05, 3.63) is 46.0 Å². The molecule has 0 aliphatic carbocycles. The molecule has 20 heavy (non-hydrogen) atoms. The second-order valence-electron chi connectivity index (χ2n) is 4.87. The molecule has 0 amide bonds. The van der Waals surface area contributed by atoms with Gasteiger partial charge in [0.05, 0.1) is 21.6 Å². The van der Waals surface area contributed by atoms with E-state index in [1.807, 2.05) is 18.3 Å². The Morgan fingerprint density at radius 1 is 1.25 bits per heavy atom. The van der Waals surface area contributed by atoms with E-state index in [-0.39, 0.29) is 0 Å². The molecular weight excluding hydrogens is 316 g/mol. The predicted molar refractivity (Wildman–Crippen MR) is 84.4 cm³/mol. The lowest BCUT2D eigenvalue weighted by Crippen LogP contribution is -2.20. The van der Waals surface area contributed by atoms with Crippen molar-refractivity contribution in [2.24, 2.45) is 0 Å². The van der Waals surface area contributed by atoms with Gasteiger partial charge in [-0.3, -0.25) is 14.6 Å². The molecule has 2 aromatic rings. The van der Waals surface area contributed by atoms with Crippen molar-refractivity contribution in [2.45, 2.75) is 39.9 Å². The van der Waals surface area contributed by atoms with Crippen LogP contribution in [0, 0.1) is 0 Å². The van der Waals surface area contributed by atoms with Gasteiger partial charge < -0.3 is 0 Å². The summed E-state index contributed by atoms with van der Waals surface area (Å²) in [5, 5.41) is 4.63. The molecule has 0 radical (unpaired) electrons. The van der Waals surface area contributed by atoms with Crippen LogP contribution < -0.4 is 0 Å². The normalized spacial score (nSPS) is 11.2. The number of nitrogens with zero attached hydrogens (tertiary/aromatic N) is 4. The average molecular weight is 337 g/mol. The summed E-state index contributed by atoms with van der Waals surface area (Å²) in [7, 11) is 2.11. The van der Waals surface area contributed by atoms with E-state index in [2.05, 4.69) is 62.6 Å². The average Bonchev–Trinajstić information content (AvgIpc) is 2.76. The molecule has 0 aliphatic rings. The summed E-state index contributed by atoms with van der Waals surface area (Å²) < 4.78 is 3.23. The molecule has 0 saturated carbocycles. The van der Waals surface area contributed by atoms with E-state index >= 15 is 0 Å². The van der Waals surface area contributed by atoms with Crippen molar-refractivity contribution >= 4 is 15.9 Å². The smallest absolute Gasteiger partial charge is 0.0767 e. The highest BCUT2D eigenvalue weighted by molar-refractivity contribution is 9.10. The van der Waals surface area contributed by atoms with Crippen LogP contribution in [-0.2, 0) is 26.1 Å². The van der Waals surface area contributed by atoms with Gasteiger partial charge in [-0.2, -0.15) is 5.10 Å². The maximum atomic E-state index is 4.63. The summed E-state index contributed by atoms with van der Waals surface area (Å²) in [5.41, 5.74) is 3.46. The van der Waals surface area contributed by atoms with Gasteiger partial charge in [0, 0.05) is 25.8 Å². The van der Waals surface area contributed by atoms with Crippen molar-refractivity contribution in [1.82, 2.24) is 19.7 Å². The maximum absolute atomic E-state index is 4.63. The zero-order chi connectivity index (χ0) is 14.5. The van der Waals surface area contributed by atoms with Gasteiger partial charge in [-0.25, -0.2) is 0 Å². The lowest BCUT2D eigenvalue weighted by atomic mass is 10.3. The number of hydrogen-bond acceptors (Lipinski definition) is 3. The fraction of sp³-hybridized carbons (Fsp3) is 0.467. The summed E-state index contributed by atoms with van der Waals surface area (Å²) in [5.74, 6) is 0. The first-order valence-corrected chi connectivity index (χ1v) is 7.77. The van der Waals surface area contributed by atoms with Gasteiger partial charge in [0.1, 0.15) is 0 Å². The fourth-order valence-corrected chi connectivity index (χ4v) is 2.94. The van der Waals surface area contributed by atoms with Gasteiger partial charge in [-0.05, 0) is 48.5 Å². The maximum Gasteiger partial charge on any atom is 0.0767 e. The van der Waals surface area contributed by atoms with Crippen LogP contribution in [0.5, 0.6) is 0 Å². The Kier molecular flexibility index (Phi) is 5.31. The van der Waals surface area contributed by atoms with Crippen LogP contribution in [-0.4, -0.2) is 26.7 Å². The Hall–Kier alpha value is -1.20. The number of rotatable bonds is 6. The van der Waals surface area contributed by atoms with Gasteiger partial charge >= 0.3 is 0 Å². The highest BCUT2D eigenvalue weighted by Gasteiger charge is 2.15. The molecule has 0 aromatic carbocycles. The van der Waals surface area contributed by atoms with E-state index in [1.165, 1.54) is 5.69 Å². The Morgan fingerprint density at radius 3 is 2.65 bits per heavy atom. The van der Waals surface area contributed by atoms with Crippen LogP contribution in [0.15, 0.2) is 28.9 Å². The molecule has 0 aliphatic heterocycles. The van der Waals surface area contributed by atoms with Crippen LogP contribution in [0.2, 0.25) is 0 Å². The second-order valence-corrected chi connectivity index (χ2v) is 5.66. The Bertz CT molecular complexity index is 551. The number of hydrogen-bond donors (Lipinski definition) is 0. The summed E-state index contributed by atoms with van der Waals surface area (Å²) in [4.78, 5) is 6.63. The van der Waals surface area contributed by atoms with E-state index in [1.54, 1.807) is 0 Å². The van der Waals surface area contributed by atoms with Crippen molar-refractivity contribution in [3.8, 4) is 0 Å². The molecule has 0 saturated heterocycles. The minimum Gasteiger partial charge on any atom is -0.295 e. The Balaban J connectivity index is 2.11. The quantitative estimate of drug-likeness (QED) is 0.811. The number of halogens is 1. The summed E-state index contributed by atoms with van der Waals surface area (Å²) in [6, 6.07) is 6.03. The minimum atomic E-state index is 0.837. The van der Waals surface area contributed by atoms with Crippen molar-refractivity contribution in [1.29, 1.82) is 0 Å². The van der Waals surface area contributed by atoms with Crippen LogP contribution in [0.1, 0.15) is 30.9 Å². The summed E-state index contributed by atoms with van der Waals surface area (Å²) in [6.07, 6.45) is 2.79. The predicted octanol–water partition coefficient (Wildman–Crippen LogP) is 3.25. The van der Waals surface area contributed by atoms with E-state index in [9.17, 15) is 0 Å². The number of aromatic nitrogens is 3. The molecule has 0 atom stereocenters. The largest absolute Gasteiger partial charge is 0.295 e. The third kappa shape index (κ3) is 3.46. The molecule has 4 nitrogen and oxygen atoms in total. The third-order valence-electron chi connectivity index (χ3n) is 3.27. The molecule has 0 spiro atoms. The van der Waals surface area contributed by atoms with Crippen molar-refractivity contribution in [3.63, 3.8) is 0 Å². The SMILES string of the molecule is CCc1nn(CC)c(CN(C)Cc2ccccn2)c1Br. The second kappa shape index (κ2) is 6.99. The lowest BCUT2D eigenvalue weighted by molar-refractivity contribution is 0.303. The molecule has 108 valence electrons. The Labute approximate surface area is 128 Å². The molecule has 2 rings (SSSR count). The van der Waals surface area contributed by atoms with E-state index in [4.69, 9.17) is 0 Å². The number of pyridine rings is 1. The molecular formula is C15H21BrN4. The fourth-order valence-electron chi connectivity index (χ4n) is 2.25. The molecule has 0 bridgehead atoms. The van der Waals surface area contributed by atoms with E-state index in [0.717, 1.165) is 41.9 Å². The highest BCUT2D eigenvalue weighted by atomic mass is 79.9. The van der Waals surface area contributed by atoms with Gasteiger partial charge in [0.15, 0.2) is 0 Å². The standard InChI is InChI=1S/C15H21BrN4/c1-4-13-15(16)14(20(5-2)18-13)11-19(3)10-12-8-6-7-9-17-12/h6-9H,4-5,10-11H2,1-3H3. The van der Waals surface area contributed by atoms with E-state index < -0.39 is 0 Å². The lowest BCUT2D eigenvalue weighted by Gasteiger charge is -2.17. The third-order valence-corrected chi connectivity index (χ3v) is 4.19. The first kappa shape index (κ1) is 15.2. The van der Waals surface area contributed by atoms with Gasteiger partial charge in [-0.1, -0.05) is 13.0 Å². The van der Waals surface area contributed by atoms with Crippen LogP contribution in [0.3, 0.4) is 0 Å². The first-order chi connectivity index (χ1) is 9.65. The van der Waals surface area contributed by atoms with E-state index in [0.29, 0.717) is 0 Å².